The van der Waals surface area contributed by atoms with Crippen LogP contribution in [0, 0.1) is 0 Å². The highest BCUT2D eigenvalue weighted by Gasteiger charge is 2.34. The van der Waals surface area contributed by atoms with Crippen molar-refractivity contribution in [1.29, 1.82) is 0 Å². The van der Waals surface area contributed by atoms with Crippen LogP contribution < -0.4 is 4.74 Å². The summed E-state index contributed by atoms with van der Waals surface area (Å²) >= 11 is 0. The second-order valence-corrected chi connectivity index (χ2v) is 9.08. The summed E-state index contributed by atoms with van der Waals surface area (Å²) < 4.78 is 29.3. The third-order valence-corrected chi connectivity index (χ3v) is 6.47. The van der Waals surface area contributed by atoms with Gasteiger partial charge in [0.25, 0.3) is 5.91 Å². The molecule has 1 fully saturated rings. The first-order valence-electron chi connectivity index (χ1n) is 9.26. The Hall–Kier alpha value is -2.34. The quantitative estimate of drug-likeness (QED) is 0.731. The van der Waals surface area contributed by atoms with Crippen LogP contribution in [0.4, 0.5) is 0 Å². The summed E-state index contributed by atoms with van der Waals surface area (Å²) in [7, 11) is -3.03. The van der Waals surface area contributed by atoms with Crippen molar-refractivity contribution in [3.63, 3.8) is 0 Å². The molecule has 0 saturated carbocycles. The lowest BCUT2D eigenvalue weighted by Crippen LogP contribution is -2.41. The molecule has 1 aliphatic heterocycles. The van der Waals surface area contributed by atoms with Gasteiger partial charge in [-0.15, -0.1) is 0 Å². The summed E-state index contributed by atoms with van der Waals surface area (Å²) in [6, 6.07) is 16.7. The van der Waals surface area contributed by atoms with Crippen molar-refractivity contribution < 1.29 is 17.9 Å². The third kappa shape index (κ3) is 5.10. The largest absolute Gasteiger partial charge is 0.489 e. The lowest BCUT2D eigenvalue weighted by molar-refractivity contribution is 0.0697. The fraction of sp³-hybridized carbons (Fsp3) is 0.381. The van der Waals surface area contributed by atoms with Crippen LogP contribution in [0.2, 0.25) is 0 Å². The van der Waals surface area contributed by atoms with Gasteiger partial charge in [-0.2, -0.15) is 0 Å². The normalized spacial score (nSPS) is 18.2. The van der Waals surface area contributed by atoms with Crippen molar-refractivity contribution in [1.82, 2.24) is 4.90 Å². The second kappa shape index (κ2) is 8.57. The van der Waals surface area contributed by atoms with E-state index in [0.29, 0.717) is 30.9 Å². The predicted molar refractivity (Wildman–Crippen MR) is 106 cm³/mol. The molecule has 0 spiro atoms. The smallest absolute Gasteiger partial charge is 0.254 e. The third-order valence-electron chi connectivity index (χ3n) is 4.72. The number of rotatable bonds is 7. The van der Waals surface area contributed by atoms with Crippen LogP contribution in [0.15, 0.2) is 54.6 Å². The van der Waals surface area contributed by atoms with E-state index in [4.69, 9.17) is 4.74 Å². The zero-order valence-electron chi connectivity index (χ0n) is 15.5. The van der Waals surface area contributed by atoms with E-state index in [-0.39, 0.29) is 23.5 Å². The molecular weight excluding hydrogens is 362 g/mol. The Labute approximate surface area is 160 Å². The number of amides is 1. The Balaban J connectivity index is 1.66. The summed E-state index contributed by atoms with van der Waals surface area (Å²) in [6.07, 6.45) is 1.31. The minimum atomic E-state index is -3.03. The molecule has 5 nitrogen and oxygen atoms in total. The van der Waals surface area contributed by atoms with Gasteiger partial charge in [0.15, 0.2) is 9.84 Å². The first-order chi connectivity index (χ1) is 13.0. The van der Waals surface area contributed by atoms with Crippen LogP contribution in [0.1, 0.15) is 35.7 Å². The van der Waals surface area contributed by atoms with E-state index < -0.39 is 9.84 Å². The molecule has 1 aliphatic rings. The Bertz CT molecular complexity index is 863. The molecule has 0 N–H and O–H groups in total. The minimum Gasteiger partial charge on any atom is -0.489 e. The van der Waals surface area contributed by atoms with Gasteiger partial charge in [-0.3, -0.25) is 4.79 Å². The molecule has 0 aromatic heterocycles. The lowest BCUT2D eigenvalue weighted by Gasteiger charge is -2.28. The van der Waals surface area contributed by atoms with Crippen molar-refractivity contribution in [2.45, 2.75) is 32.4 Å². The maximum absolute atomic E-state index is 12.9. The highest BCUT2D eigenvalue weighted by atomic mass is 32.2. The summed E-state index contributed by atoms with van der Waals surface area (Å²) in [5, 5.41) is 0. The molecule has 0 aliphatic carbocycles. The number of ether oxygens (including phenoxy) is 1. The summed E-state index contributed by atoms with van der Waals surface area (Å²) in [6.45, 7) is 3.02. The van der Waals surface area contributed by atoms with Crippen LogP contribution in [0.25, 0.3) is 0 Å². The molecule has 1 atom stereocenters. The molecule has 27 heavy (non-hydrogen) atoms. The van der Waals surface area contributed by atoms with Gasteiger partial charge in [0.05, 0.1) is 11.5 Å². The Morgan fingerprint density at radius 2 is 1.81 bits per heavy atom. The van der Waals surface area contributed by atoms with Gasteiger partial charge < -0.3 is 9.64 Å². The Morgan fingerprint density at radius 1 is 1.11 bits per heavy atom. The lowest BCUT2D eigenvalue weighted by atomic mass is 10.1. The van der Waals surface area contributed by atoms with E-state index in [2.05, 4.69) is 0 Å². The zero-order chi connectivity index (χ0) is 19.3. The van der Waals surface area contributed by atoms with Crippen LogP contribution in [0.3, 0.4) is 0 Å². The van der Waals surface area contributed by atoms with Gasteiger partial charge in [-0.05, 0) is 42.7 Å². The first-order valence-corrected chi connectivity index (χ1v) is 11.1. The van der Waals surface area contributed by atoms with Crippen molar-refractivity contribution in [2.24, 2.45) is 0 Å². The molecule has 1 saturated heterocycles. The maximum Gasteiger partial charge on any atom is 0.254 e. The van der Waals surface area contributed by atoms with Crippen LogP contribution in [-0.2, 0) is 16.4 Å². The van der Waals surface area contributed by atoms with Gasteiger partial charge in [0.1, 0.15) is 12.4 Å². The fourth-order valence-corrected chi connectivity index (χ4v) is 5.04. The van der Waals surface area contributed by atoms with Crippen molar-refractivity contribution in [2.75, 3.05) is 18.1 Å². The molecule has 1 heterocycles. The standard InChI is InChI=1S/C21H25NO4S/c1-2-13-22(19-12-14-27(24,25)16-19)21(23)18-8-10-20(11-9-18)26-15-17-6-4-3-5-7-17/h3-11,19H,2,12-16H2,1H3. The summed E-state index contributed by atoms with van der Waals surface area (Å²) in [5.41, 5.74) is 1.63. The average molecular weight is 388 g/mol. The van der Waals surface area contributed by atoms with Crippen molar-refractivity contribution in [3.05, 3.63) is 65.7 Å². The molecule has 144 valence electrons. The monoisotopic (exact) mass is 387 g/mol. The van der Waals surface area contributed by atoms with E-state index in [1.54, 1.807) is 29.2 Å². The van der Waals surface area contributed by atoms with Gasteiger partial charge in [-0.1, -0.05) is 37.3 Å². The molecular formula is C21H25NO4S. The Kier molecular flexibility index (Phi) is 6.16. The number of benzene rings is 2. The van der Waals surface area contributed by atoms with Crippen molar-refractivity contribution >= 4 is 15.7 Å². The topological polar surface area (TPSA) is 63.7 Å². The first kappa shape index (κ1) is 19.4. The van der Waals surface area contributed by atoms with E-state index in [1.165, 1.54) is 0 Å². The summed E-state index contributed by atoms with van der Waals surface area (Å²) in [5.74, 6) is 0.809. The number of hydrogen-bond acceptors (Lipinski definition) is 4. The van der Waals surface area contributed by atoms with E-state index in [9.17, 15) is 13.2 Å². The second-order valence-electron chi connectivity index (χ2n) is 6.85. The number of sulfone groups is 1. The molecule has 0 radical (unpaired) electrons. The van der Waals surface area contributed by atoms with Crippen LogP contribution in [-0.4, -0.2) is 43.3 Å². The molecule has 3 rings (SSSR count). The number of nitrogens with zero attached hydrogens (tertiary/aromatic N) is 1. The van der Waals surface area contributed by atoms with Gasteiger partial charge >= 0.3 is 0 Å². The average Bonchev–Trinajstić information content (AvgIpc) is 3.04. The SMILES string of the molecule is CCCN(C(=O)c1ccc(OCc2ccccc2)cc1)C1CCS(=O)(=O)C1. The van der Waals surface area contributed by atoms with Gasteiger partial charge in [-0.25, -0.2) is 8.42 Å². The van der Waals surface area contributed by atoms with E-state index >= 15 is 0 Å². The van der Waals surface area contributed by atoms with Gasteiger partial charge in [0.2, 0.25) is 0 Å². The van der Waals surface area contributed by atoms with E-state index in [0.717, 1.165) is 12.0 Å². The van der Waals surface area contributed by atoms with Crippen molar-refractivity contribution in [3.8, 4) is 5.75 Å². The molecule has 6 heteroatoms. The molecule has 2 aromatic carbocycles. The molecule has 1 amide bonds. The number of carbonyl (C=O) groups excluding carboxylic acids is 1. The number of carbonyl (C=O) groups is 1. The zero-order valence-corrected chi connectivity index (χ0v) is 16.3. The van der Waals surface area contributed by atoms with E-state index in [1.807, 2.05) is 37.3 Å². The summed E-state index contributed by atoms with van der Waals surface area (Å²) in [4.78, 5) is 14.6. The van der Waals surface area contributed by atoms with Crippen LogP contribution >= 0.6 is 0 Å². The Morgan fingerprint density at radius 3 is 2.41 bits per heavy atom. The van der Waals surface area contributed by atoms with Crippen LogP contribution in [0.5, 0.6) is 5.75 Å². The van der Waals surface area contributed by atoms with Gasteiger partial charge in [0, 0.05) is 18.2 Å². The fourth-order valence-electron chi connectivity index (χ4n) is 3.31. The minimum absolute atomic E-state index is 0.0665. The maximum atomic E-state index is 12.9. The molecule has 1 unspecified atom stereocenters. The highest BCUT2D eigenvalue weighted by Crippen LogP contribution is 2.22. The molecule has 0 bridgehead atoms. The molecule has 2 aromatic rings. The number of hydrogen-bond donors (Lipinski definition) is 0. The predicted octanol–water partition coefficient (Wildman–Crippen LogP) is 3.30. The highest BCUT2D eigenvalue weighted by molar-refractivity contribution is 7.91.